The Bertz CT molecular complexity index is 479. The topological polar surface area (TPSA) is 77.5 Å². The number of hydrogen-bond acceptors (Lipinski definition) is 6. The fraction of sp³-hybridized carbons (Fsp3) is 0.615. The Morgan fingerprint density at radius 2 is 2.10 bits per heavy atom. The van der Waals surface area contributed by atoms with E-state index in [-0.39, 0.29) is 6.42 Å². The van der Waals surface area contributed by atoms with Crippen LogP contribution in [-0.4, -0.2) is 35.8 Å². The molecule has 1 amide bonds. The lowest BCUT2D eigenvalue weighted by molar-refractivity contribution is -0.143. The third kappa shape index (κ3) is 5.56. The number of thiazole rings is 1. The molecule has 0 spiro atoms. The lowest BCUT2D eigenvalue weighted by Gasteiger charge is -2.22. The van der Waals surface area contributed by atoms with E-state index in [1.807, 2.05) is 12.3 Å². The molecule has 0 saturated carbocycles. The number of hydrogen-bond donors (Lipinski definition) is 1. The van der Waals surface area contributed by atoms with Gasteiger partial charge in [0.1, 0.15) is 11.6 Å². The summed E-state index contributed by atoms with van der Waals surface area (Å²) < 4.78 is 9.82. The van der Waals surface area contributed by atoms with Crippen LogP contribution in [0.25, 0.3) is 0 Å². The number of aromatic nitrogens is 1. The quantitative estimate of drug-likeness (QED) is 0.861. The van der Waals surface area contributed by atoms with E-state index in [0.717, 1.165) is 10.7 Å². The molecule has 0 bridgehead atoms. The predicted octanol–water partition coefficient (Wildman–Crippen LogP) is 2.06. The third-order valence-corrected chi connectivity index (χ3v) is 3.08. The monoisotopic (exact) mass is 300 g/mol. The number of nitrogens with one attached hydrogen (secondary N) is 1. The van der Waals surface area contributed by atoms with Crippen molar-refractivity contribution < 1.29 is 19.1 Å². The van der Waals surface area contributed by atoms with E-state index in [1.54, 1.807) is 20.8 Å². The van der Waals surface area contributed by atoms with E-state index in [1.165, 1.54) is 18.4 Å². The van der Waals surface area contributed by atoms with Gasteiger partial charge in [0.15, 0.2) is 0 Å². The van der Waals surface area contributed by atoms with Gasteiger partial charge in [-0.3, -0.25) is 0 Å². The number of rotatable bonds is 4. The molecule has 1 N–H and O–H groups in total. The van der Waals surface area contributed by atoms with E-state index in [0.29, 0.717) is 0 Å². The summed E-state index contributed by atoms with van der Waals surface area (Å²) in [6.45, 7) is 7.14. The van der Waals surface area contributed by atoms with Gasteiger partial charge in [0.2, 0.25) is 0 Å². The van der Waals surface area contributed by atoms with Crippen molar-refractivity contribution in [2.24, 2.45) is 0 Å². The Balaban J connectivity index is 2.70. The van der Waals surface area contributed by atoms with Crippen molar-refractivity contribution in [1.82, 2.24) is 10.3 Å². The molecule has 1 aromatic heterocycles. The minimum atomic E-state index is -0.809. The summed E-state index contributed by atoms with van der Waals surface area (Å²) in [4.78, 5) is 27.7. The van der Waals surface area contributed by atoms with Crippen LogP contribution in [-0.2, 0) is 20.7 Å². The molecule has 6 nitrogen and oxygen atoms in total. The van der Waals surface area contributed by atoms with Crippen molar-refractivity contribution in [2.75, 3.05) is 7.11 Å². The van der Waals surface area contributed by atoms with Crippen LogP contribution in [0, 0.1) is 6.92 Å². The number of carbonyl (C=O) groups excluding carboxylic acids is 2. The van der Waals surface area contributed by atoms with Crippen molar-refractivity contribution in [3.8, 4) is 0 Å². The maximum Gasteiger partial charge on any atom is 0.408 e. The number of nitrogens with zero attached hydrogens (tertiary/aromatic N) is 1. The fourth-order valence-electron chi connectivity index (χ4n) is 1.50. The largest absolute Gasteiger partial charge is 0.467 e. The van der Waals surface area contributed by atoms with Gasteiger partial charge in [0.25, 0.3) is 0 Å². The van der Waals surface area contributed by atoms with Crippen molar-refractivity contribution >= 4 is 23.4 Å². The Morgan fingerprint density at radius 3 is 2.55 bits per heavy atom. The zero-order valence-corrected chi connectivity index (χ0v) is 13.2. The average molecular weight is 300 g/mol. The van der Waals surface area contributed by atoms with E-state index in [2.05, 4.69) is 15.0 Å². The van der Waals surface area contributed by atoms with Gasteiger partial charge in [-0.25, -0.2) is 14.6 Å². The highest BCUT2D eigenvalue weighted by molar-refractivity contribution is 7.09. The van der Waals surface area contributed by atoms with E-state index < -0.39 is 23.7 Å². The zero-order valence-electron chi connectivity index (χ0n) is 12.4. The van der Waals surface area contributed by atoms with E-state index >= 15 is 0 Å². The highest BCUT2D eigenvalue weighted by Gasteiger charge is 2.25. The average Bonchev–Trinajstić information content (AvgIpc) is 2.70. The molecule has 7 heteroatoms. The zero-order chi connectivity index (χ0) is 15.3. The molecular weight excluding hydrogens is 280 g/mol. The first-order valence-corrected chi connectivity index (χ1v) is 7.07. The summed E-state index contributed by atoms with van der Waals surface area (Å²) >= 11 is 1.49. The predicted molar refractivity (Wildman–Crippen MR) is 75.7 cm³/mol. The fourth-order valence-corrected chi connectivity index (χ4v) is 2.12. The molecule has 1 aromatic rings. The molecule has 0 fully saturated rings. The van der Waals surface area contributed by atoms with Crippen LogP contribution < -0.4 is 5.32 Å². The Morgan fingerprint density at radius 1 is 1.45 bits per heavy atom. The van der Waals surface area contributed by atoms with Crippen molar-refractivity contribution in [2.45, 2.75) is 45.8 Å². The molecule has 20 heavy (non-hydrogen) atoms. The second-order valence-electron chi connectivity index (χ2n) is 5.28. The Hall–Kier alpha value is -1.63. The first kappa shape index (κ1) is 16.4. The van der Waals surface area contributed by atoms with Crippen LogP contribution >= 0.6 is 11.3 Å². The molecule has 1 atom stereocenters. The van der Waals surface area contributed by atoms with Gasteiger partial charge in [-0.1, -0.05) is 0 Å². The summed E-state index contributed by atoms with van der Waals surface area (Å²) in [6, 6.07) is -0.809. The summed E-state index contributed by atoms with van der Waals surface area (Å²) in [5.41, 5.74) is 0.112. The number of aryl methyl sites for hydroxylation is 1. The maximum absolute atomic E-state index is 11.7. The molecule has 0 unspecified atom stereocenters. The Kier molecular flexibility index (Phi) is 5.50. The smallest absolute Gasteiger partial charge is 0.408 e. The lowest BCUT2D eigenvalue weighted by Crippen LogP contribution is -2.45. The maximum atomic E-state index is 11.7. The lowest BCUT2D eigenvalue weighted by atomic mass is 10.1. The van der Waals surface area contributed by atoms with Crippen LogP contribution in [0.3, 0.4) is 0 Å². The number of carbonyl (C=O) groups is 2. The summed E-state index contributed by atoms with van der Waals surface area (Å²) in [6.07, 6.45) is -0.379. The molecule has 1 rings (SSSR count). The van der Waals surface area contributed by atoms with Gasteiger partial charge in [-0.2, -0.15) is 0 Å². The molecular formula is C13H20N2O4S. The molecule has 0 aliphatic rings. The molecule has 1 heterocycles. The summed E-state index contributed by atoms with van der Waals surface area (Å²) in [5, 5.41) is 5.26. The minimum absolute atomic E-state index is 0.274. The van der Waals surface area contributed by atoms with Crippen LogP contribution in [0.1, 0.15) is 31.5 Å². The number of esters is 1. The third-order valence-electron chi connectivity index (χ3n) is 2.26. The van der Waals surface area contributed by atoms with Gasteiger partial charge < -0.3 is 14.8 Å². The molecule has 112 valence electrons. The molecule has 0 aromatic carbocycles. The molecule has 0 saturated heterocycles. The van der Waals surface area contributed by atoms with Crippen molar-refractivity contribution in [3.05, 3.63) is 16.1 Å². The van der Waals surface area contributed by atoms with Gasteiger partial charge in [-0.05, 0) is 27.7 Å². The summed E-state index contributed by atoms with van der Waals surface area (Å²) in [7, 11) is 1.28. The standard InChI is InChI=1S/C13H20N2O4S/c1-8-14-9(7-20-8)6-10(11(16)18-5)15-12(17)19-13(2,3)4/h7,10H,6H2,1-5H3,(H,15,17)/t10-/m0/s1. The van der Waals surface area contributed by atoms with Gasteiger partial charge in [0, 0.05) is 11.8 Å². The second-order valence-corrected chi connectivity index (χ2v) is 6.35. The second kappa shape index (κ2) is 6.69. The number of methoxy groups -OCH3 is 1. The van der Waals surface area contributed by atoms with Crippen LogP contribution in [0.2, 0.25) is 0 Å². The number of alkyl carbamates (subject to hydrolysis) is 1. The highest BCUT2D eigenvalue weighted by atomic mass is 32.1. The SMILES string of the molecule is COC(=O)[C@H](Cc1csc(C)n1)NC(=O)OC(C)(C)C. The molecule has 0 radical (unpaired) electrons. The Labute approximate surface area is 122 Å². The highest BCUT2D eigenvalue weighted by Crippen LogP contribution is 2.12. The number of ether oxygens (including phenoxy) is 2. The van der Waals surface area contributed by atoms with Crippen molar-refractivity contribution in [3.63, 3.8) is 0 Å². The van der Waals surface area contributed by atoms with Crippen molar-refractivity contribution in [1.29, 1.82) is 0 Å². The first-order chi connectivity index (χ1) is 9.21. The van der Waals surface area contributed by atoms with Gasteiger partial charge in [-0.15, -0.1) is 11.3 Å². The van der Waals surface area contributed by atoms with E-state index in [9.17, 15) is 9.59 Å². The van der Waals surface area contributed by atoms with Crippen LogP contribution in [0.4, 0.5) is 4.79 Å². The van der Waals surface area contributed by atoms with Gasteiger partial charge >= 0.3 is 12.1 Å². The van der Waals surface area contributed by atoms with Gasteiger partial charge in [0.05, 0.1) is 17.8 Å². The van der Waals surface area contributed by atoms with Crippen LogP contribution in [0.5, 0.6) is 0 Å². The normalized spacial score (nSPS) is 12.7. The minimum Gasteiger partial charge on any atom is -0.467 e. The molecule has 0 aliphatic heterocycles. The number of amides is 1. The van der Waals surface area contributed by atoms with Crippen LogP contribution in [0.15, 0.2) is 5.38 Å². The first-order valence-electron chi connectivity index (χ1n) is 6.19. The van der Waals surface area contributed by atoms with E-state index in [4.69, 9.17) is 4.74 Å². The summed E-state index contributed by atoms with van der Waals surface area (Å²) in [5.74, 6) is -0.526. The molecule has 0 aliphatic carbocycles.